The molecule has 2 rings (SSSR count). The van der Waals surface area contributed by atoms with E-state index < -0.39 is 11.7 Å². The van der Waals surface area contributed by atoms with Crippen LogP contribution in [0.15, 0.2) is 18.2 Å². The van der Waals surface area contributed by atoms with Gasteiger partial charge in [-0.2, -0.15) is 18.4 Å². The maximum absolute atomic E-state index is 12.7. The largest absolute Gasteiger partial charge is 0.417 e. The Morgan fingerprint density at radius 1 is 1.42 bits per heavy atom. The van der Waals surface area contributed by atoms with Crippen LogP contribution < -0.4 is 10.2 Å². The maximum Gasteiger partial charge on any atom is 0.417 e. The Morgan fingerprint density at radius 3 is 2.74 bits per heavy atom. The van der Waals surface area contributed by atoms with Gasteiger partial charge in [-0.05, 0) is 25.1 Å². The summed E-state index contributed by atoms with van der Waals surface area (Å²) in [5, 5.41) is 12.1. The van der Waals surface area contributed by atoms with Crippen molar-refractivity contribution in [1.29, 1.82) is 5.26 Å². The summed E-state index contributed by atoms with van der Waals surface area (Å²) in [6.45, 7) is 4.24. The first-order chi connectivity index (χ1) is 8.91. The third-order valence-corrected chi connectivity index (χ3v) is 3.16. The van der Waals surface area contributed by atoms with Gasteiger partial charge in [0.15, 0.2) is 0 Å². The minimum absolute atomic E-state index is 0.279. The summed E-state index contributed by atoms with van der Waals surface area (Å²) in [5.74, 6) is 0. The highest BCUT2D eigenvalue weighted by molar-refractivity contribution is 5.55. The van der Waals surface area contributed by atoms with Gasteiger partial charge in [0.05, 0.1) is 17.2 Å². The quantitative estimate of drug-likeness (QED) is 0.850. The standard InChI is InChI=1S/C13H14F3N3/c1-9-8-19(5-4-18-9)11-2-3-12(13(14,15)16)10(6-11)7-17/h2-3,6,9,18H,4-5,8H2,1H3. The molecule has 0 spiro atoms. The van der Waals surface area contributed by atoms with Crippen molar-refractivity contribution in [2.75, 3.05) is 24.5 Å². The molecule has 102 valence electrons. The van der Waals surface area contributed by atoms with Crippen LogP contribution in [0, 0.1) is 11.3 Å². The van der Waals surface area contributed by atoms with Crippen molar-refractivity contribution in [3.05, 3.63) is 29.3 Å². The van der Waals surface area contributed by atoms with E-state index in [2.05, 4.69) is 5.32 Å². The number of alkyl halides is 3. The van der Waals surface area contributed by atoms with E-state index in [1.807, 2.05) is 11.8 Å². The molecule has 0 aliphatic carbocycles. The summed E-state index contributed by atoms with van der Waals surface area (Å²) >= 11 is 0. The maximum atomic E-state index is 12.7. The molecule has 0 bridgehead atoms. The molecule has 1 aliphatic rings. The molecule has 3 nitrogen and oxygen atoms in total. The molecule has 0 radical (unpaired) electrons. The van der Waals surface area contributed by atoms with Gasteiger partial charge in [0.2, 0.25) is 0 Å². The number of nitriles is 1. The van der Waals surface area contributed by atoms with Crippen LogP contribution in [-0.4, -0.2) is 25.7 Å². The second-order valence-corrected chi connectivity index (χ2v) is 4.64. The number of piperazine rings is 1. The topological polar surface area (TPSA) is 39.1 Å². The van der Waals surface area contributed by atoms with Gasteiger partial charge in [0.25, 0.3) is 0 Å². The Balaban J connectivity index is 2.32. The van der Waals surface area contributed by atoms with Crippen molar-refractivity contribution < 1.29 is 13.2 Å². The van der Waals surface area contributed by atoms with E-state index in [9.17, 15) is 13.2 Å². The molecule has 1 fully saturated rings. The minimum atomic E-state index is -4.49. The summed E-state index contributed by atoms with van der Waals surface area (Å²) in [5.41, 5.74) is -0.531. The van der Waals surface area contributed by atoms with Gasteiger partial charge in [-0.25, -0.2) is 0 Å². The van der Waals surface area contributed by atoms with Gasteiger partial charge >= 0.3 is 6.18 Å². The van der Waals surface area contributed by atoms with Crippen molar-refractivity contribution in [2.45, 2.75) is 19.1 Å². The summed E-state index contributed by atoms with van der Waals surface area (Å²) in [4.78, 5) is 1.99. The number of nitrogens with one attached hydrogen (secondary N) is 1. The van der Waals surface area contributed by atoms with E-state index in [1.165, 1.54) is 12.1 Å². The predicted octanol–water partition coefficient (Wildman–Crippen LogP) is 2.38. The molecule has 1 heterocycles. The fourth-order valence-corrected chi connectivity index (χ4v) is 2.24. The first kappa shape index (κ1) is 13.7. The molecule has 1 aromatic carbocycles. The van der Waals surface area contributed by atoms with E-state index in [0.717, 1.165) is 25.7 Å². The van der Waals surface area contributed by atoms with Gasteiger partial charge in [0.1, 0.15) is 0 Å². The molecular weight excluding hydrogens is 255 g/mol. The minimum Gasteiger partial charge on any atom is -0.369 e. The van der Waals surface area contributed by atoms with Crippen molar-refractivity contribution in [3.8, 4) is 6.07 Å². The van der Waals surface area contributed by atoms with Gasteiger partial charge in [-0.3, -0.25) is 0 Å². The van der Waals surface area contributed by atoms with Crippen molar-refractivity contribution >= 4 is 5.69 Å². The fourth-order valence-electron chi connectivity index (χ4n) is 2.24. The van der Waals surface area contributed by atoms with Crippen molar-refractivity contribution in [1.82, 2.24) is 5.32 Å². The summed E-state index contributed by atoms with van der Waals surface area (Å²) < 4.78 is 38.1. The van der Waals surface area contributed by atoms with E-state index in [4.69, 9.17) is 5.26 Å². The number of hydrogen-bond acceptors (Lipinski definition) is 3. The molecule has 1 aliphatic heterocycles. The van der Waals surface area contributed by atoms with Crippen LogP contribution >= 0.6 is 0 Å². The van der Waals surface area contributed by atoms with Gasteiger partial charge in [-0.1, -0.05) is 0 Å². The number of benzene rings is 1. The lowest BCUT2D eigenvalue weighted by Gasteiger charge is -2.33. The van der Waals surface area contributed by atoms with Crippen LogP contribution in [0.1, 0.15) is 18.1 Å². The molecule has 1 unspecified atom stereocenters. The lowest BCUT2D eigenvalue weighted by molar-refractivity contribution is -0.137. The lowest BCUT2D eigenvalue weighted by Crippen LogP contribution is -2.49. The van der Waals surface area contributed by atoms with Gasteiger partial charge in [0, 0.05) is 31.4 Å². The van der Waals surface area contributed by atoms with Crippen molar-refractivity contribution in [3.63, 3.8) is 0 Å². The SMILES string of the molecule is CC1CN(c2ccc(C(F)(F)F)c(C#N)c2)CCN1. The van der Waals surface area contributed by atoms with E-state index in [1.54, 1.807) is 6.07 Å². The van der Waals surface area contributed by atoms with Gasteiger partial charge in [-0.15, -0.1) is 0 Å². The summed E-state index contributed by atoms with van der Waals surface area (Å²) in [7, 11) is 0. The zero-order valence-corrected chi connectivity index (χ0v) is 10.5. The molecule has 0 aromatic heterocycles. The summed E-state index contributed by atoms with van der Waals surface area (Å²) in [6, 6.07) is 5.65. The van der Waals surface area contributed by atoms with Crippen molar-refractivity contribution in [2.24, 2.45) is 0 Å². The van der Waals surface area contributed by atoms with Crippen LogP contribution in [0.4, 0.5) is 18.9 Å². The van der Waals surface area contributed by atoms with Crippen LogP contribution in [0.2, 0.25) is 0 Å². The zero-order chi connectivity index (χ0) is 14.0. The Bertz CT molecular complexity index is 505. The third kappa shape index (κ3) is 2.99. The van der Waals surface area contributed by atoms with Crippen LogP contribution in [-0.2, 0) is 6.18 Å². The number of nitrogens with zero attached hydrogens (tertiary/aromatic N) is 2. The lowest BCUT2D eigenvalue weighted by atomic mass is 10.1. The zero-order valence-electron chi connectivity index (χ0n) is 10.5. The number of halogens is 3. The normalized spacial score (nSPS) is 20.2. The molecule has 0 amide bonds. The highest BCUT2D eigenvalue weighted by atomic mass is 19.4. The highest BCUT2D eigenvalue weighted by Gasteiger charge is 2.33. The Hall–Kier alpha value is -1.74. The Morgan fingerprint density at radius 2 is 2.16 bits per heavy atom. The third-order valence-electron chi connectivity index (χ3n) is 3.16. The molecule has 6 heteroatoms. The number of hydrogen-bond donors (Lipinski definition) is 1. The van der Waals surface area contributed by atoms with Crippen LogP contribution in [0.5, 0.6) is 0 Å². The molecule has 1 saturated heterocycles. The van der Waals surface area contributed by atoms with Crippen LogP contribution in [0.25, 0.3) is 0 Å². The summed E-state index contributed by atoms with van der Waals surface area (Å²) in [6.07, 6.45) is -4.49. The smallest absolute Gasteiger partial charge is 0.369 e. The first-order valence-electron chi connectivity index (χ1n) is 6.01. The Labute approximate surface area is 109 Å². The Kier molecular flexibility index (Phi) is 3.67. The molecule has 19 heavy (non-hydrogen) atoms. The second-order valence-electron chi connectivity index (χ2n) is 4.64. The van der Waals surface area contributed by atoms with Gasteiger partial charge < -0.3 is 10.2 Å². The van der Waals surface area contributed by atoms with E-state index >= 15 is 0 Å². The average molecular weight is 269 g/mol. The second kappa shape index (κ2) is 5.10. The van der Waals surface area contributed by atoms with Crippen LogP contribution in [0.3, 0.4) is 0 Å². The molecule has 1 atom stereocenters. The van der Waals surface area contributed by atoms with E-state index in [0.29, 0.717) is 5.69 Å². The molecule has 1 N–H and O–H groups in total. The predicted molar refractivity (Wildman–Crippen MR) is 65.8 cm³/mol. The highest BCUT2D eigenvalue weighted by Crippen LogP contribution is 2.33. The monoisotopic (exact) mass is 269 g/mol. The first-order valence-corrected chi connectivity index (χ1v) is 6.01. The average Bonchev–Trinajstić information content (AvgIpc) is 2.37. The fraction of sp³-hybridized carbons (Fsp3) is 0.462. The molecule has 1 aromatic rings. The number of rotatable bonds is 1. The number of anilines is 1. The van der Waals surface area contributed by atoms with E-state index in [-0.39, 0.29) is 11.6 Å². The molecule has 0 saturated carbocycles. The molecular formula is C13H14F3N3.